The Kier molecular flexibility index (Phi) is 6.60. The number of piperazine rings is 1. The number of likely N-dealkylation sites (N-methyl/N-ethyl adjacent to an activating group) is 1. The highest BCUT2D eigenvalue weighted by molar-refractivity contribution is 5.74. The molecule has 18 heavy (non-hydrogen) atoms. The third kappa shape index (κ3) is 4.92. The molecule has 0 saturated carbocycles. The first-order chi connectivity index (χ1) is 8.54. The van der Waals surface area contributed by atoms with Crippen molar-refractivity contribution >= 4 is 5.91 Å². The van der Waals surface area contributed by atoms with Gasteiger partial charge in [0.2, 0.25) is 5.91 Å². The zero-order valence-corrected chi connectivity index (χ0v) is 12.0. The number of carbonyl (C=O) groups is 1. The molecule has 2 atom stereocenters. The minimum absolute atomic E-state index is 0.0585. The summed E-state index contributed by atoms with van der Waals surface area (Å²) in [4.78, 5) is 15.9. The second-order valence-electron chi connectivity index (χ2n) is 5.50. The Hall–Kier alpha value is -0.650. The molecule has 3 N–H and O–H groups in total. The van der Waals surface area contributed by atoms with Crippen LogP contribution in [-0.4, -0.2) is 54.5 Å². The van der Waals surface area contributed by atoms with Gasteiger partial charge in [-0.3, -0.25) is 15.1 Å². The van der Waals surface area contributed by atoms with E-state index in [1.54, 1.807) is 0 Å². The fourth-order valence-corrected chi connectivity index (χ4v) is 2.57. The van der Waals surface area contributed by atoms with E-state index in [0.29, 0.717) is 18.5 Å². The minimum Gasteiger partial charge on any atom is -0.300 e. The number of nitrogens with two attached hydrogens (primary N) is 1. The third-order valence-corrected chi connectivity index (χ3v) is 3.97. The Balaban J connectivity index is 2.11. The van der Waals surface area contributed by atoms with Crippen molar-refractivity contribution in [3.63, 3.8) is 0 Å². The fraction of sp³-hybridized carbons (Fsp3) is 0.923. The van der Waals surface area contributed by atoms with Crippen LogP contribution in [0.2, 0.25) is 0 Å². The quantitative estimate of drug-likeness (QED) is 0.315. The molecule has 5 nitrogen and oxygen atoms in total. The molecule has 0 aromatic carbocycles. The van der Waals surface area contributed by atoms with Crippen molar-refractivity contribution in [1.82, 2.24) is 15.2 Å². The average molecular weight is 256 g/mol. The van der Waals surface area contributed by atoms with Crippen LogP contribution in [0.5, 0.6) is 0 Å². The highest BCUT2D eigenvalue weighted by Gasteiger charge is 2.25. The summed E-state index contributed by atoms with van der Waals surface area (Å²) in [6.07, 6.45) is 3.75. The average Bonchev–Trinajstić information content (AvgIpc) is 2.35. The number of nitrogens with one attached hydrogen (secondary N) is 1. The van der Waals surface area contributed by atoms with Crippen LogP contribution in [0.3, 0.4) is 0 Å². The molecule has 0 aliphatic carbocycles. The summed E-state index contributed by atoms with van der Waals surface area (Å²) in [7, 11) is 2.21. The molecule has 1 aliphatic heterocycles. The number of amides is 1. The highest BCUT2D eigenvalue weighted by atomic mass is 16.2. The van der Waals surface area contributed by atoms with Gasteiger partial charge in [-0.1, -0.05) is 6.42 Å². The lowest BCUT2D eigenvalue weighted by molar-refractivity contribution is -0.121. The molecule has 1 heterocycles. The number of nitrogens with zero attached hydrogens (tertiary/aromatic N) is 2. The molecule has 1 rings (SSSR count). The van der Waals surface area contributed by atoms with Gasteiger partial charge < -0.3 is 4.90 Å². The van der Waals surface area contributed by atoms with E-state index in [9.17, 15) is 4.79 Å². The van der Waals surface area contributed by atoms with Crippen LogP contribution < -0.4 is 11.3 Å². The van der Waals surface area contributed by atoms with Crippen molar-refractivity contribution < 1.29 is 4.79 Å². The minimum atomic E-state index is -0.0585. The maximum atomic E-state index is 10.9. The SMILES string of the molecule is CC1CN(CCCCCC(=O)NN)CC(C)N1C. The second-order valence-corrected chi connectivity index (χ2v) is 5.50. The molecule has 1 fully saturated rings. The summed E-state index contributed by atoms with van der Waals surface area (Å²) in [5, 5.41) is 0. The predicted molar refractivity (Wildman–Crippen MR) is 73.9 cm³/mol. The van der Waals surface area contributed by atoms with Crippen LogP contribution in [-0.2, 0) is 4.79 Å². The summed E-state index contributed by atoms with van der Waals surface area (Å²) >= 11 is 0. The van der Waals surface area contributed by atoms with Crippen molar-refractivity contribution in [3.8, 4) is 0 Å². The Bertz CT molecular complexity index is 247. The number of carbonyl (C=O) groups excluding carboxylic acids is 1. The lowest BCUT2D eigenvalue weighted by atomic mass is 10.1. The van der Waals surface area contributed by atoms with Crippen molar-refractivity contribution in [3.05, 3.63) is 0 Å². The second kappa shape index (κ2) is 7.71. The van der Waals surface area contributed by atoms with E-state index in [4.69, 9.17) is 5.84 Å². The molecule has 0 bridgehead atoms. The largest absolute Gasteiger partial charge is 0.300 e. The number of hydrogen-bond donors (Lipinski definition) is 2. The molecule has 0 aromatic rings. The van der Waals surface area contributed by atoms with E-state index < -0.39 is 0 Å². The predicted octanol–water partition coefficient (Wildman–Crippen LogP) is 0.561. The molecule has 1 amide bonds. The Morgan fingerprint density at radius 1 is 1.22 bits per heavy atom. The summed E-state index contributed by atoms with van der Waals surface area (Å²) in [5.41, 5.74) is 2.17. The van der Waals surface area contributed by atoms with Crippen molar-refractivity contribution in [1.29, 1.82) is 0 Å². The van der Waals surface area contributed by atoms with Gasteiger partial charge in [0.15, 0.2) is 0 Å². The van der Waals surface area contributed by atoms with Crippen LogP contribution in [0, 0.1) is 0 Å². The fourth-order valence-electron chi connectivity index (χ4n) is 2.57. The molecule has 2 unspecified atom stereocenters. The monoisotopic (exact) mass is 256 g/mol. The summed E-state index contributed by atoms with van der Waals surface area (Å²) in [5.74, 6) is 4.98. The molecule has 1 aliphatic rings. The Labute approximate surface area is 111 Å². The zero-order chi connectivity index (χ0) is 13.5. The van der Waals surface area contributed by atoms with E-state index in [2.05, 4.69) is 36.1 Å². The summed E-state index contributed by atoms with van der Waals surface area (Å²) in [6, 6.07) is 1.27. The molecule has 1 saturated heterocycles. The van der Waals surface area contributed by atoms with E-state index in [-0.39, 0.29) is 5.91 Å². The van der Waals surface area contributed by atoms with E-state index >= 15 is 0 Å². The molecular weight excluding hydrogens is 228 g/mol. The highest BCUT2D eigenvalue weighted by Crippen LogP contribution is 2.14. The number of hydrogen-bond acceptors (Lipinski definition) is 4. The van der Waals surface area contributed by atoms with Crippen molar-refractivity contribution in [2.75, 3.05) is 26.7 Å². The van der Waals surface area contributed by atoms with Gasteiger partial charge in [-0.25, -0.2) is 5.84 Å². The van der Waals surface area contributed by atoms with Gasteiger partial charge in [-0.05, 0) is 40.3 Å². The van der Waals surface area contributed by atoms with Crippen LogP contribution in [0.15, 0.2) is 0 Å². The normalized spacial score (nSPS) is 26.2. The number of rotatable bonds is 6. The maximum Gasteiger partial charge on any atom is 0.233 e. The molecule has 106 valence electrons. The lowest BCUT2D eigenvalue weighted by Gasteiger charge is -2.42. The van der Waals surface area contributed by atoms with Crippen LogP contribution >= 0.6 is 0 Å². The first-order valence-electron chi connectivity index (χ1n) is 6.98. The maximum absolute atomic E-state index is 10.9. The number of hydrazine groups is 1. The lowest BCUT2D eigenvalue weighted by Crippen LogP contribution is -2.54. The molecule has 0 radical (unpaired) electrons. The summed E-state index contributed by atoms with van der Waals surface area (Å²) in [6.45, 7) is 8.03. The molecule has 0 spiro atoms. The van der Waals surface area contributed by atoms with Gasteiger partial charge in [0.1, 0.15) is 0 Å². The zero-order valence-electron chi connectivity index (χ0n) is 12.0. The molecular formula is C13H28N4O. The van der Waals surface area contributed by atoms with Gasteiger partial charge in [-0.2, -0.15) is 0 Å². The standard InChI is InChI=1S/C13H28N4O/c1-11-9-17(10-12(2)16(11)3)8-6-4-5-7-13(18)15-14/h11-12H,4-10,14H2,1-3H3,(H,15,18). The van der Waals surface area contributed by atoms with Gasteiger partial charge in [-0.15, -0.1) is 0 Å². The van der Waals surface area contributed by atoms with Gasteiger partial charge in [0, 0.05) is 31.6 Å². The first-order valence-corrected chi connectivity index (χ1v) is 6.98. The van der Waals surface area contributed by atoms with Crippen molar-refractivity contribution in [2.24, 2.45) is 5.84 Å². The van der Waals surface area contributed by atoms with Gasteiger partial charge in [0.05, 0.1) is 0 Å². The van der Waals surface area contributed by atoms with Gasteiger partial charge in [0.25, 0.3) is 0 Å². The number of unbranched alkanes of at least 4 members (excludes halogenated alkanes) is 2. The molecule has 5 heteroatoms. The van der Waals surface area contributed by atoms with Crippen LogP contribution in [0.1, 0.15) is 39.5 Å². The smallest absolute Gasteiger partial charge is 0.233 e. The first kappa shape index (κ1) is 15.4. The van der Waals surface area contributed by atoms with E-state index in [1.165, 1.54) is 6.42 Å². The van der Waals surface area contributed by atoms with Crippen LogP contribution in [0.25, 0.3) is 0 Å². The topological polar surface area (TPSA) is 61.6 Å². The van der Waals surface area contributed by atoms with Crippen LogP contribution in [0.4, 0.5) is 0 Å². The molecule has 0 aromatic heterocycles. The third-order valence-electron chi connectivity index (χ3n) is 3.97. The summed E-state index contributed by atoms with van der Waals surface area (Å²) < 4.78 is 0. The van der Waals surface area contributed by atoms with E-state index in [0.717, 1.165) is 32.5 Å². The van der Waals surface area contributed by atoms with E-state index in [1.807, 2.05) is 0 Å². The van der Waals surface area contributed by atoms with Crippen molar-refractivity contribution in [2.45, 2.75) is 51.6 Å². The Morgan fingerprint density at radius 3 is 2.39 bits per heavy atom. The van der Waals surface area contributed by atoms with Gasteiger partial charge >= 0.3 is 0 Å². The Morgan fingerprint density at radius 2 is 1.83 bits per heavy atom.